The van der Waals surface area contributed by atoms with Crippen LogP contribution in [0, 0.1) is 5.92 Å². The van der Waals surface area contributed by atoms with Crippen LogP contribution in [0.1, 0.15) is 18.4 Å². The zero-order valence-electron chi connectivity index (χ0n) is 17.3. The van der Waals surface area contributed by atoms with Gasteiger partial charge in [0.1, 0.15) is 24.0 Å². The lowest BCUT2D eigenvalue weighted by Crippen LogP contribution is -2.45. The molecule has 1 fully saturated rings. The number of pyridine rings is 1. The molecule has 2 aliphatic rings. The minimum absolute atomic E-state index is 0.0239. The highest BCUT2D eigenvalue weighted by Gasteiger charge is 2.28. The molecule has 3 aromatic rings. The normalized spacial score (nSPS) is 20.1. The van der Waals surface area contributed by atoms with Crippen LogP contribution in [0.4, 0.5) is 5.82 Å². The molecule has 2 aromatic heterocycles. The summed E-state index contributed by atoms with van der Waals surface area (Å²) >= 11 is 0. The van der Waals surface area contributed by atoms with Crippen molar-refractivity contribution in [2.24, 2.45) is 5.92 Å². The monoisotopic (exact) mass is 415 g/mol. The van der Waals surface area contributed by atoms with Gasteiger partial charge >= 0.3 is 0 Å². The number of carbonyl (C=O) groups excluding carboxylic acids is 1. The summed E-state index contributed by atoms with van der Waals surface area (Å²) in [5, 5.41) is 3.12. The Labute approximate surface area is 181 Å². The Morgan fingerprint density at radius 3 is 2.90 bits per heavy atom. The van der Waals surface area contributed by atoms with Gasteiger partial charge in [-0.25, -0.2) is 15.0 Å². The highest BCUT2D eigenvalue weighted by molar-refractivity contribution is 5.79. The van der Waals surface area contributed by atoms with Crippen molar-refractivity contribution in [3.05, 3.63) is 66.9 Å². The predicted octanol–water partition coefficient (Wildman–Crippen LogP) is 2.87. The number of ether oxygens (including phenoxy) is 1. The summed E-state index contributed by atoms with van der Waals surface area (Å²) in [6, 6.07) is 12.0. The zero-order valence-corrected chi connectivity index (χ0v) is 17.3. The second-order valence-corrected chi connectivity index (χ2v) is 8.11. The Kier molecular flexibility index (Phi) is 5.48. The molecule has 2 atom stereocenters. The summed E-state index contributed by atoms with van der Waals surface area (Å²) in [5.41, 5.74) is 3.21. The van der Waals surface area contributed by atoms with Crippen LogP contribution in [0.25, 0.3) is 11.1 Å². The summed E-state index contributed by atoms with van der Waals surface area (Å²) in [5.74, 6) is 1.90. The summed E-state index contributed by atoms with van der Waals surface area (Å²) in [7, 11) is 0. The number of hydrogen-bond donors (Lipinski definition) is 1. The lowest BCUT2D eigenvalue weighted by molar-refractivity contribution is -0.125. The molecule has 1 aromatic carbocycles. The SMILES string of the molecule is O=C(NCC1Cc2cc(-c3cncnc3)ccc2O1)C1CCCN(c2ccccn2)C1. The van der Waals surface area contributed by atoms with Crippen molar-refractivity contribution in [2.45, 2.75) is 25.4 Å². The van der Waals surface area contributed by atoms with Crippen LogP contribution >= 0.6 is 0 Å². The van der Waals surface area contributed by atoms with Crippen LogP contribution in [-0.2, 0) is 11.2 Å². The van der Waals surface area contributed by atoms with E-state index in [4.69, 9.17) is 4.74 Å². The number of benzene rings is 1. The summed E-state index contributed by atoms with van der Waals surface area (Å²) in [4.78, 5) is 27.6. The molecule has 4 heterocycles. The highest BCUT2D eigenvalue weighted by Crippen LogP contribution is 2.32. The van der Waals surface area contributed by atoms with Crippen LogP contribution < -0.4 is 15.0 Å². The minimum Gasteiger partial charge on any atom is -0.488 e. The quantitative estimate of drug-likeness (QED) is 0.690. The topological polar surface area (TPSA) is 80.2 Å². The van der Waals surface area contributed by atoms with Gasteiger partial charge in [0.05, 0.1) is 12.5 Å². The van der Waals surface area contributed by atoms with E-state index >= 15 is 0 Å². The first-order chi connectivity index (χ1) is 15.3. The molecule has 2 aliphatic heterocycles. The van der Waals surface area contributed by atoms with E-state index in [2.05, 4.69) is 31.2 Å². The molecule has 158 valence electrons. The number of anilines is 1. The van der Waals surface area contributed by atoms with Gasteiger partial charge < -0.3 is 15.0 Å². The van der Waals surface area contributed by atoms with Gasteiger partial charge in [-0.2, -0.15) is 0 Å². The van der Waals surface area contributed by atoms with E-state index in [1.807, 2.05) is 30.3 Å². The average Bonchev–Trinajstić information content (AvgIpc) is 3.26. The number of carbonyl (C=O) groups is 1. The summed E-state index contributed by atoms with van der Waals surface area (Å²) < 4.78 is 6.06. The number of aromatic nitrogens is 3. The van der Waals surface area contributed by atoms with Gasteiger partial charge in [-0.15, -0.1) is 0 Å². The van der Waals surface area contributed by atoms with Crippen LogP contribution in [0.3, 0.4) is 0 Å². The number of fused-ring (bicyclic) bond motifs is 1. The molecule has 31 heavy (non-hydrogen) atoms. The van der Waals surface area contributed by atoms with Gasteiger partial charge in [-0.3, -0.25) is 4.79 Å². The third-order valence-electron chi connectivity index (χ3n) is 5.97. The van der Waals surface area contributed by atoms with E-state index in [0.29, 0.717) is 13.1 Å². The maximum absolute atomic E-state index is 12.8. The number of hydrogen-bond acceptors (Lipinski definition) is 6. The first-order valence-electron chi connectivity index (χ1n) is 10.7. The van der Waals surface area contributed by atoms with Crippen molar-refractivity contribution in [1.82, 2.24) is 20.3 Å². The molecule has 5 rings (SSSR count). The number of amides is 1. The van der Waals surface area contributed by atoms with E-state index in [9.17, 15) is 4.79 Å². The summed E-state index contributed by atoms with van der Waals surface area (Å²) in [6.45, 7) is 2.16. The molecule has 7 heteroatoms. The average molecular weight is 415 g/mol. The Bertz CT molecular complexity index is 1040. The molecule has 7 nitrogen and oxygen atoms in total. The van der Waals surface area contributed by atoms with E-state index < -0.39 is 0 Å². The van der Waals surface area contributed by atoms with Crippen molar-refractivity contribution in [3.63, 3.8) is 0 Å². The van der Waals surface area contributed by atoms with E-state index in [1.54, 1.807) is 18.6 Å². The van der Waals surface area contributed by atoms with Gasteiger partial charge in [0.25, 0.3) is 0 Å². The molecular formula is C24H25N5O2. The zero-order chi connectivity index (χ0) is 21.0. The molecule has 1 N–H and O–H groups in total. The predicted molar refractivity (Wildman–Crippen MR) is 118 cm³/mol. The number of nitrogens with one attached hydrogen (secondary N) is 1. The third kappa shape index (κ3) is 4.35. The van der Waals surface area contributed by atoms with Crippen molar-refractivity contribution in [3.8, 4) is 16.9 Å². The molecule has 0 aliphatic carbocycles. The van der Waals surface area contributed by atoms with Crippen molar-refractivity contribution >= 4 is 11.7 Å². The van der Waals surface area contributed by atoms with Gasteiger partial charge in [0.15, 0.2) is 0 Å². The molecule has 0 radical (unpaired) electrons. The smallest absolute Gasteiger partial charge is 0.225 e. The van der Waals surface area contributed by atoms with Gasteiger partial charge in [0.2, 0.25) is 5.91 Å². The standard InChI is InChI=1S/C24H25N5O2/c30-24(18-4-3-9-29(15-18)23-5-1-2-8-27-23)28-14-21-11-19-10-17(6-7-22(19)31-21)20-12-25-16-26-13-20/h1-2,5-8,10,12-13,16,18,21H,3-4,9,11,14-15H2,(H,28,30). The van der Waals surface area contributed by atoms with Crippen molar-refractivity contribution in [2.75, 3.05) is 24.5 Å². The van der Waals surface area contributed by atoms with Crippen molar-refractivity contribution < 1.29 is 9.53 Å². The molecular weight excluding hydrogens is 390 g/mol. The van der Waals surface area contributed by atoms with E-state index in [-0.39, 0.29) is 17.9 Å². The number of piperidine rings is 1. The fraction of sp³-hybridized carbons (Fsp3) is 0.333. The van der Waals surface area contributed by atoms with E-state index in [1.165, 1.54) is 6.33 Å². The Hall–Kier alpha value is -3.48. The van der Waals surface area contributed by atoms with Gasteiger partial charge in [0, 0.05) is 43.7 Å². The lowest BCUT2D eigenvalue weighted by atomic mass is 9.97. The molecule has 0 saturated carbocycles. The molecule has 1 saturated heterocycles. The maximum atomic E-state index is 12.8. The number of nitrogens with zero attached hydrogens (tertiary/aromatic N) is 4. The van der Waals surface area contributed by atoms with Crippen LogP contribution in [0.2, 0.25) is 0 Å². The maximum Gasteiger partial charge on any atom is 0.225 e. The van der Waals surface area contributed by atoms with E-state index in [0.717, 1.165) is 54.1 Å². The molecule has 1 amide bonds. The van der Waals surface area contributed by atoms with Gasteiger partial charge in [-0.05, 0) is 48.2 Å². The molecule has 2 unspecified atom stereocenters. The van der Waals surface area contributed by atoms with Crippen LogP contribution in [0.5, 0.6) is 5.75 Å². The second-order valence-electron chi connectivity index (χ2n) is 8.11. The highest BCUT2D eigenvalue weighted by atomic mass is 16.5. The Balaban J connectivity index is 1.16. The fourth-order valence-electron chi connectivity index (χ4n) is 4.36. The molecule has 0 bridgehead atoms. The summed E-state index contributed by atoms with van der Waals surface area (Å²) in [6.07, 6.45) is 9.57. The first kappa shape index (κ1) is 19.5. The Morgan fingerprint density at radius 1 is 1.16 bits per heavy atom. The molecule has 0 spiro atoms. The first-order valence-corrected chi connectivity index (χ1v) is 10.7. The fourth-order valence-corrected chi connectivity index (χ4v) is 4.36. The lowest BCUT2D eigenvalue weighted by Gasteiger charge is -2.33. The Morgan fingerprint density at radius 2 is 2.06 bits per heavy atom. The van der Waals surface area contributed by atoms with Gasteiger partial charge in [-0.1, -0.05) is 12.1 Å². The van der Waals surface area contributed by atoms with Crippen LogP contribution in [0.15, 0.2) is 61.3 Å². The number of rotatable bonds is 5. The third-order valence-corrected chi connectivity index (χ3v) is 5.97. The van der Waals surface area contributed by atoms with Crippen LogP contribution in [-0.4, -0.2) is 46.6 Å². The second kappa shape index (κ2) is 8.71. The van der Waals surface area contributed by atoms with Crippen molar-refractivity contribution in [1.29, 1.82) is 0 Å². The minimum atomic E-state index is -0.0447. The largest absolute Gasteiger partial charge is 0.488 e.